The van der Waals surface area contributed by atoms with Crippen molar-refractivity contribution in [3.05, 3.63) is 28.7 Å². The van der Waals surface area contributed by atoms with Crippen LogP contribution in [0.1, 0.15) is 54.2 Å². The average Bonchev–Trinajstić information content (AvgIpc) is 3.53. The van der Waals surface area contributed by atoms with Crippen molar-refractivity contribution in [3.8, 4) is 0 Å². The monoisotopic (exact) mass is 398 g/mol. The van der Waals surface area contributed by atoms with E-state index in [1.165, 1.54) is 54.7 Å². The third kappa shape index (κ3) is 3.66. The van der Waals surface area contributed by atoms with Gasteiger partial charge in [-0.3, -0.25) is 9.58 Å². The van der Waals surface area contributed by atoms with E-state index >= 15 is 0 Å². The molecule has 0 radical (unpaired) electrons. The molecule has 1 saturated carbocycles. The number of aromatic nitrogens is 4. The Bertz CT molecular complexity index is 851. The first-order valence-corrected chi connectivity index (χ1v) is 11.9. The lowest BCUT2D eigenvalue weighted by Gasteiger charge is -2.35. The van der Waals surface area contributed by atoms with E-state index in [2.05, 4.69) is 33.9 Å². The number of rotatable bonds is 5. The quantitative estimate of drug-likeness (QED) is 0.570. The molecule has 7 heteroatoms. The Hall–Kier alpha value is -1.60. The third-order valence-corrected chi connectivity index (χ3v) is 6.96. The SMILES string of the molecule is CSc1nc(C2CC2)cc(N2CCN(Cc3c4c(nn3C)CCCC4)CC2)n1. The molecule has 3 aliphatic rings. The number of hydrogen-bond acceptors (Lipinski definition) is 6. The van der Waals surface area contributed by atoms with Crippen molar-refractivity contribution in [1.29, 1.82) is 0 Å². The smallest absolute Gasteiger partial charge is 0.189 e. The summed E-state index contributed by atoms with van der Waals surface area (Å²) in [4.78, 5) is 14.6. The average molecular weight is 399 g/mol. The van der Waals surface area contributed by atoms with Crippen LogP contribution in [0.5, 0.6) is 0 Å². The summed E-state index contributed by atoms with van der Waals surface area (Å²) in [7, 11) is 2.12. The van der Waals surface area contributed by atoms with Gasteiger partial charge in [-0.15, -0.1) is 0 Å². The highest BCUT2D eigenvalue weighted by molar-refractivity contribution is 7.98. The summed E-state index contributed by atoms with van der Waals surface area (Å²) in [5.41, 5.74) is 5.57. The van der Waals surface area contributed by atoms with E-state index in [1.807, 2.05) is 0 Å². The molecular formula is C21H30N6S. The lowest BCUT2D eigenvalue weighted by molar-refractivity contribution is 0.242. The Kier molecular flexibility index (Phi) is 5.05. The summed E-state index contributed by atoms with van der Waals surface area (Å²) in [5, 5.41) is 5.71. The third-order valence-electron chi connectivity index (χ3n) is 6.41. The first kappa shape index (κ1) is 18.4. The molecule has 2 aliphatic carbocycles. The molecule has 1 saturated heterocycles. The van der Waals surface area contributed by atoms with Crippen molar-refractivity contribution in [1.82, 2.24) is 24.6 Å². The highest BCUT2D eigenvalue weighted by Gasteiger charge is 2.28. The fourth-order valence-corrected chi connectivity index (χ4v) is 4.95. The molecule has 150 valence electrons. The zero-order valence-electron chi connectivity index (χ0n) is 17.0. The summed E-state index contributed by atoms with van der Waals surface area (Å²) >= 11 is 1.66. The lowest BCUT2D eigenvalue weighted by atomic mass is 9.95. The molecule has 0 bridgehead atoms. The van der Waals surface area contributed by atoms with Gasteiger partial charge < -0.3 is 4.90 Å². The van der Waals surface area contributed by atoms with Gasteiger partial charge in [0.15, 0.2) is 5.16 Å². The summed E-state index contributed by atoms with van der Waals surface area (Å²) in [6.45, 7) is 5.26. The second kappa shape index (κ2) is 7.67. The number of anilines is 1. The lowest BCUT2D eigenvalue weighted by Crippen LogP contribution is -2.46. The highest BCUT2D eigenvalue weighted by Crippen LogP contribution is 2.40. The number of fused-ring (bicyclic) bond motifs is 1. The molecule has 5 rings (SSSR count). The van der Waals surface area contributed by atoms with Crippen LogP contribution in [-0.2, 0) is 26.4 Å². The van der Waals surface area contributed by atoms with Gasteiger partial charge in [-0.1, -0.05) is 11.8 Å². The summed E-state index contributed by atoms with van der Waals surface area (Å²) < 4.78 is 2.14. The zero-order chi connectivity index (χ0) is 19.1. The molecule has 1 aliphatic heterocycles. The molecule has 28 heavy (non-hydrogen) atoms. The van der Waals surface area contributed by atoms with Crippen molar-refractivity contribution in [2.45, 2.75) is 56.1 Å². The summed E-state index contributed by atoms with van der Waals surface area (Å²) in [6, 6.07) is 2.24. The van der Waals surface area contributed by atoms with Crippen LogP contribution in [0.25, 0.3) is 0 Å². The van der Waals surface area contributed by atoms with Gasteiger partial charge in [-0.05, 0) is 50.3 Å². The second-order valence-corrected chi connectivity index (χ2v) is 9.15. The summed E-state index contributed by atoms with van der Waals surface area (Å²) in [5.74, 6) is 1.80. The van der Waals surface area contributed by atoms with E-state index in [-0.39, 0.29) is 0 Å². The van der Waals surface area contributed by atoms with Gasteiger partial charge in [0.1, 0.15) is 5.82 Å². The predicted molar refractivity (Wildman–Crippen MR) is 113 cm³/mol. The Morgan fingerprint density at radius 3 is 2.61 bits per heavy atom. The summed E-state index contributed by atoms with van der Waals surface area (Å²) in [6.07, 6.45) is 9.62. The molecule has 2 aromatic heterocycles. The van der Waals surface area contributed by atoms with Crippen LogP contribution in [0.2, 0.25) is 0 Å². The topological polar surface area (TPSA) is 50.1 Å². The minimum Gasteiger partial charge on any atom is -0.354 e. The van der Waals surface area contributed by atoms with E-state index < -0.39 is 0 Å². The van der Waals surface area contributed by atoms with E-state index in [9.17, 15) is 0 Å². The number of aryl methyl sites for hydroxylation is 2. The molecule has 0 atom stereocenters. The number of piperazine rings is 1. The molecule has 3 heterocycles. The van der Waals surface area contributed by atoms with E-state index in [0.29, 0.717) is 5.92 Å². The number of hydrogen-bond donors (Lipinski definition) is 0. The van der Waals surface area contributed by atoms with Gasteiger partial charge in [0.25, 0.3) is 0 Å². The fraction of sp³-hybridized carbons (Fsp3) is 0.667. The maximum Gasteiger partial charge on any atom is 0.189 e. The fourth-order valence-electron chi connectivity index (χ4n) is 4.56. The number of nitrogens with zero attached hydrogens (tertiary/aromatic N) is 6. The van der Waals surface area contributed by atoms with Gasteiger partial charge in [0.2, 0.25) is 0 Å². The molecule has 0 spiro atoms. The molecule has 2 aromatic rings. The Morgan fingerprint density at radius 2 is 1.86 bits per heavy atom. The molecule has 0 unspecified atom stereocenters. The Labute approximate surface area is 171 Å². The maximum absolute atomic E-state index is 4.80. The van der Waals surface area contributed by atoms with Crippen molar-refractivity contribution in [2.24, 2.45) is 7.05 Å². The molecular weight excluding hydrogens is 368 g/mol. The molecule has 6 nitrogen and oxygen atoms in total. The van der Waals surface area contributed by atoms with Crippen LogP contribution < -0.4 is 4.90 Å². The zero-order valence-corrected chi connectivity index (χ0v) is 17.8. The Morgan fingerprint density at radius 1 is 1.07 bits per heavy atom. The largest absolute Gasteiger partial charge is 0.354 e. The van der Waals surface area contributed by atoms with Crippen LogP contribution in [-0.4, -0.2) is 57.1 Å². The number of thioether (sulfide) groups is 1. The minimum atomic E-state index is 0.671. The first-order valence-electron chi connectivity index (χ1n) is 10.6. The molecule has 0 aromatic carbocycles. The van der Waals surface area contributed by atoms with Crippen LogP contribution in [0, 0.1) is 0 Å². The van der Waals surface area contributed by atoms with E-state index in [4.69, 9.17) is 15.1 Å². The van der Waals surface area contributed by atoms with Gasteiger partial charge >= 0.3 is 0 Å². The van der Waals surface area contributed by atoms with E-state index in [1.54, 1.807) is 11.8 Å². The van der Waals surface area contributed by atoms with Crippen LogP contribution in [0.15, 0.2) is 11.2 Å². The van der Waals surface area contributed by atoms with Crippen LogP contribution >= 0.6 is 11.8 Å². The predicted octanol–water partition coefficient (Wildman–Crippen LogP) is 3.01. The first-order chi connectivity index (χ1) is 13.7. The standard InChI is InChI=1S/C21H30N6S/c1-25-19(16-5-3-4-6-17(16)24-25)14-26-9-11-27(12-10-26)20-13-18(15-7-8-15)22-21(23-20)28-2/h13,15H,3-12,14H2,1-2H3. The highest BCUT2D eigenvalue weighted by atomic mass is 32.2. The van der Waals surface area contributed by atoms with E-state index in [0.717, 1.165) is 50.1 Å². The molecule has 2 fully saturated rings. The van der Waals surface area contributed by atoms with Gasteiger partial charge in [-0.25, -0.2) is 9.97 Å². The Balaban J connectivity index is 1.26. The van der Waals surface area contributed by atoms with Crippen molar-refractivity contribution in [2.75, 3.05) is 37.3 Å². The van der Waals surface area contributed by atoms with Crippen LogP contribution in [0.4, 0.5) is 5.82 Å². The van der Waals surface area contributed by atoms with Crippen molar-refractivity contribution >= 4 is 17.6 Å². The maximum atomic E-state index is 4.80. The van der Waals surface area contributed by atoms with Crippen molar-refractivity contribution < 1.29 is 0 Å². The minimum absolute atomic E-state index is 0.671. The molecule has 0 amide bonds. The normalized spacial score (nSPS) is 20.4. The second-order valence-electron chi connectivity index (χ2n) is 8.38. The van der Waals surface area contributed by atoms with Gasteiger partial charge in [0, 0.05) is 51.8 Å². The molecule has 0 N–H and O–H groups in total. The van der Waals surface area contributed by atoms with Gasteiger partial charge in [-0.2, -0.15) is 5.10 Å². The van der Waals surface area contributed by atoms with Crippen molar-refractivity contribution in [3.63, 3.8) is 0 Å². The van der Waals surface area contributed by atoms with Gasteiger partial charge in [0.05, 0.1) is 17.1 Å². The van der Waals surface area contributed by atoms with Crippen LogP contribution in [0.3, 0.4) is 0 Å².